The third-order valence-electron chi connectivity index (χ3n) is 6.79. The van der Waals surface area contributed by atoms with Gasteiger partial charge in [0.15, 0.2) is 0 Å². The number of rotatable bonds is 9. The number of carbonyl (C=O) groups is 1. The summed E-state index contributed by atoms with van der Waals surface area (Å²) in [7, 11) is -4.05. The lowest BCUT2D eigenvalue weighted by molar-refractivity contribution is -0.118. The van der Waals surface area contributed by atoms with E-state index in [0.717, 1.165) is 39.9 Å². The van der Waals surface area contributed by atoms with E-state index in [1.807, 2.05) is 43.3 Å². The van der Waals surface area contributed by atoms with Crippen molar-refractivity contribution in [2.24, 2.45) is 0 Å². The predicted octanol–water partition coefficient (Wildman–Crippen LogP) is 6.05. The van der Waals surface area contributed by atoms with Gasteiger partial charge in [-0.2, -0.15) is 0 Å². The van der Waals surface area contributed by atoms with Gasteiger partial charge in [-0.05, 0) is 80.6 Å². The fraction of sp³-hybridized carbons (Fsp3) is 0.276. The van der Waals surface area contributed by atoms with Gasteiger partial charge < -0.3 is 9.30 Å². The summed E-state index contributed by atoms with van der Waals surface area (Å²) in [5, 5.41) is 1.26. The Morgan fingerprint density at radius 3 is 2.46 bits per heavy atom. The van der Waals surface area contributed by atoms with Crippen molar-refractivity contribution >= 4 is 38.4 Å². The van der Waals surface area contributed by atoms with E-state index in [1.165, 1.54) is 11.6 Å². The van der Waals surface area contributed by atoms with E-state index in [9.17, 15) is 13.2 Å². The van der Waals surface area contributed by atoms with Crippen LogP contribution in [0.2, 0.25) is 5.02 Å². The number of para-hydroxylation sites is 1. The molecule has 3 aromatic carbocycles. The average molecular weight is 539 g/mol. The Morgan fingerprint density at radius 1 is 0.946 bits per heavy atom. The van der Waals surface area contributed by atoms with Crippen molar-refractivity contribution in [2.75, 3.05) is 6.61 Å². The topological polar surface area (TPSA) is 77.4 Å². The standard InChI is InChI=1S/C29H31ClN2O4S/c1-19-10-7-14-27(20(19)2)36-17-9-16-32-22(4)24(23-11-5-6-13-26(23)32)18-29(33)31-37(34,35)28-15-8-12-25(30)21(28)3/h5-8,10-15H,9,16-18H2,1-4H3,(H,31,33). The molecule has 0 saturated heterocycles. The van der Waals surface area contributed by atoms with Crippen molar-refractivity contribution < 1.29 is 17.9 Å². The number of benzene rings is 3. The number of ether oxygens (including phenoxy) is 1. The second kappa shape index (κ2) is 11.0. The summed E-state index contributed by atoms with van der Waals surface area (Å²) in [5.74, 6) is 0.297. The van der Waals surface area contributed by atoms with Crippen molar-refractivity contribution in [1.82, 2.24) is 9.29 Å². The summed E-state index contributed by atoms with van der Waals surface area (Å²) in [6, 6.07) is 18.5. The molecule has 0 fully saturated rings. The van der Waals surface area contributed by atoms with Gasteiger partial charge in [-0.25, -0.2) is 13.1 Å². The second-order valence-corrected chi connectivity index (χ2v) is 11.3. The van der Waals surface area contributed by atoms with E-state index in [-0.39, 0.29) is 11.3 Å². The molecule has 0 radical (unpaired) electrons. The highest BCUT2D eigenvalue weighted by atomic mass is 35.5. The number of nitrogens with one attached hydrogen (secondary N) is 1. The molecule has 0 spiro atoms. The highest BCUT2D eigenvalue weighted by molar-refractivity contribution is 7.90. The first-order valence-electron chi connectivity index (χ1n) is 12.2. The molecule has 0 aliphatic heterocycles. The van der Waals surface area contributed by atoms with E-state index < -0.39 is 15.9 Å². The Balaban J connectivity index is 1.50. The van der Waals surface area contributed by atoms with Gasteiger partial charge in [0.25, 0.3) is 10.0 Å². The molecule has 0 bridgehead atoms. The van der Waals surface area contributed by atoms with Gasteiger partial charge in [0, 0.05) is 28.2 Å². The van der Waals surface area contributed by atoms with Crippen LogP contribution in [-0.4, -0.2) is 25.5 Å². The van der Waals surface area contributed by atoms with Crippen LogP contribution < -0.4 is 9.46 Å². The lowest BCUT2D eigenvalue weighted by Gasteiger charge is -2.13. The summed E-state index contributed by atoms with van der Waals surface area (Å²) in [6.45, 7) is 8.96. The Bertz CT molecular complexity index is 1570. The molecule has 8 heteroatoms. The van der Waals surface area contributed by atoms with E-state index in [2.05, 4.69) is 29.2 Å². The molecular weight excluding hydrogens is 508 g/mol. The first-order valence-corrected chi connectivity index (χ1v) is 14.0. The summed E-state index contributed by atoms with van der Waals surface area (Å²) in [5.41, 5.74) is 5.48. The molecule has 1 aromatic heterocycles. The molecule has 6 nitrogen and oxygen atoms in total. The van der Waals surface area contributed by atoms with Crippen LogP contribution in [0.4, 0.5) is 0 Å². The zero-order chi connectivity index (χ0) is 26.7. The molecule has 4 rings (SSSR count). The van der Waals surface area contributed by atoms with Crippen molar-refractivity contribution in [3.8, 4) is 5.75 Å². The Kier molecular flexibility index (Phi) is 7.95. The molecule has 0 aliphatic carbocycles. The minimum Gasteiger partial charge on any atom is -0.493 e. The molecular formula is C29H31ClN2O4S. The highest BCUT2D eigenvalue weighted by Gasteiger charge is 2.23. The van der Waals surface area contributed by atoms with Crippen LogP contribution in [0.5, 0.6) is 5.75 Å². The number of carbonyl (C=O) groups excluding carboxylic acids is 1. The summed E-state index contributed by atoms with van der Waals surface area (Å²) >= 11 is 6.09. The normalized spacial score (nSPS) is 11.6. The van der Waals surface area contributed by atoms with Gasteiger partial charge in [0.1, 0.15) is 5.75 Å². The number of aryl methyl sites for hydroxylation is 2. The lowest BCUT2D eigenvalue weighted by Crippen LogP contribution is -2.32. The van der Waals surface area contributed by atoms with Crippen LogP contribution in [0.3, 0.4) is 0 Å². The van der Waals surface area contributed by atoms with Gasteiger partial charge >= 0.3 is 0 Å². The first kappa shape index (κ1) is 26.8. The van der Waals surface area contributed by atoms with Gasteiger partial charge in [0.05, 0.1) is 17.9 Å². The van der Waals surface area contributed by atoms with Crippen LogP contribution in [0.25, 0.3) is 10.9 Å². The number of halogens is 1. The van der Waals surface area contributed by atoms with Crippen LogP contribution in [-0.2, 0) is 27.8 Å². The molecule has 194 valence electrons. The summed E-state index contributed by atoms with van der Waals surface area (Å²) in [4.78, 5) is 12.9. The minimum atomic E-state index is -4.05. The number of sulfonamides is 1. The number of fused-ring (bicyclic) bond motifs is 1. The third-order valence-corrected chi connectivity index (χ3v) is 8.72. The molecule has 0 unspecified atom stereocenters. The molecule has 0 saturated carbocycles. The van der Waals surface area contributed by atoms with E-state index >= 15 is 0 Å². The number of nitrogens with zero attached hydrogens (tertiary/aromatic N) is 1. The quantitative estimate of drug-likeness (QED) is 0.263. The van der Waals surface area contributed by atoms with Crippen molar-refractivity contribution in [1.29, 1.82) is 0 Å². The maximum Gasteiger partial charge on any atom is 0.264 e. The van der Waals surface area contributed by atoms with Crippen molar-refractivity contribution in [3.63, 3.8) is 0 Å². The first-order chi connectivity index (χ1) is 17.6. The summed E-state index contributed by atoms with van der Waals surface area (Å²) < 4.78 is 36.2. The van der Waals surface area contributed by atoms with Gasteiger partial charge in [-0.1, -0.05) is 48.0 Å². The van der Waals surface area contributed by atoms with E-state index in [0.29, 0.717) is 23.7 Å². The Labute approximate surface area is 223 Å². The predicted molar refractivity (Wildman–Crippen MR) is 148 cm³/mol. The number of aromatic nitrogens is 1. The van der Waals surface area contributed by atoms with Crippen LogP contribution in [0, 0.1) is 27.7 Å². The molecule has 1 amide bonds. The molecule has 37 heavy (non-hydrogen) atoms. The molecule has 0 aliphatic rings. The molecule has 4 aromatic rings. The zero-order valence-electron chi connectivity index (χ0n) is 21.5. The molecule has 1 heterocycles. The number of hydrogen-bond donors (Lipinski definition) is 1. The van der Waals surface area contributed by atoms with Gasteiger partial charge in [0.2, 0.25) is 5.91 Å². The maximum atomic E-state index is 12.9. The van der Waals surface area contributed by atoms with E-state index in [4.69, 9.17) is 16.3 Å². The number of hydrogen-bond acceptors (Lipinski definition) is 4. The Hall–Kier alpha value is -3.29. The fourth-order valence-corrected chi connectivity index (χ4v) is 6.06. The average Bonchev–Trinajstić information content (AvgIpc) is 3.11. The van der Waals surface area contributed by atoms with Crippen LogP contribution >= 0.6 is 11.6 Å². The van der Waals surface area contributed by atoms with Gasteiger partial charge in [-0.15, -0.1) is 0 Å². The minimum absolute atomic E-state index is 0.00338. The van der Waals surface area contributed by atoms with Crippen molar-refractivity contribution in [3.05, 3.63) is 93.6 Å². The highest BCUT2D eigenvalue weighted by Crippen LogP contribution is 2.28. The van der Waals surface area contributed by atoms with Gasteiger partial charge in [-0.3, -0.25) is 4.79 Å². The largest absolute Gasteiger partial charge is 0.493 e. The van der Waals surface area contributed by atoms with Crippen LogP contribution in [0.1, 0.15) is 34.4 Å². The smallest absolute Gasteiger partial charge is 0.264 e. The lowest BCUT2D eigenvalue weighted by atomic mass is 10.1. The monoisotopic (exact) mass is 538 g/mol. The SMILES string of the molecule is Cc1cccc(OCCCn2c(C)c(CC(=O)NS(=O)(=O)c3cccc(Cl)c3C)c3ccccc32)c1C. The van der Waals surface area contributed by atoms with E-state index in [1.54, 1.807) is 19.1 Å². The molecule has 1 N–H and O–H groups in total. The summed E-state index contributed by atoms with van der Waals surface area (Å²) in [6.07, 6.45) is 0.720. The van der Waals surface area contributed by atoms with Crippen molar-refractivity contribution in [2.45, 2.75) is 52.0 Å². The maximum absolute atomic E-state index is 12.9. The van der Waals surface area contributed by atoms with Crippen LogP contribution in [0.15, 0.2) is 65.6 Å². The Morgan fingerprint density at radius 2 is 1.68 bits per heavy atom. The number of amides is 1. The second-order valence-electron chi connectivity index (χ2n) is 9.20. The zero-order valence-corrected chi connectivity index (χ0v) is 23.0. The third kappa shape index (κ3) is 5.68. The fourth-order valence-electron chi connectivity index (χ4n) is 4.58. The molecule has 0 atom stereocenters.